The molecule has 0 aliphatic heterocycles. The van der Waals surface area contributed by atoms with Gasteiger partial charge in [-0.15, -0.1) is 0 Å². The molecular formula is C16H20N2O3. The first-order valence-corrected chi connectivity index (χ1v) is 7.06. The van der Waals surface area contributed by atoms with Crippen molar-refractivity contribution < 1.29 is 14.3 Å². The summed E-state index contributed by atoms with van der Waals surface area (Å²) in [5, 5.41) is 0.973. The molecule has 0 bridgehead atoms. The van der Waals surface area contributed by atoms with E-state index in [4.69, 9.17) is 4.74 Å². The van der Waals surface area contributed by atoms with Crippen molar-refractivity contribution in [1.29, 1.82) is 0 Å². The lowest BCUT2D eigenvalue weighted by Gasteiger charge is -2.25. The highest BCUT2D eigenvalue weighted by Gasteiger charge is 2.22. The molecular weight excluding hydrogens is 268 g/mol. The highest BCUT2D eigenvalue weighted by molar-refractivity contribution is 5.99. The Labute approximate surface area is 123 Å². The molecule has 2 aromatic rings. The average molecular weight is 288 g/mol. The van der Waals surface area contributed by atoms with Crippen LogP contribution >= 0.6 is 0 Å². The van der Waals surface area contributed by atoms with E-state index in [1.807, 2.05) is 38.2 Å². The van der Waals surface area contributed by atoms with Crippen LogP contribution in [0.2, 0.25) is 0 Å². The fraction of sp³-hybridized carbons (Fsp3) is 0.375. The van der Waals surface area contributed by atoms with Gasteiger partial charge >= 0.3 is 5.97 Å². The number of nitrogens with zero attached hydrogens (tertiary/aromatic N) is 1. The summed E-state index contributed by atoms with van der Waals surface area (Å²) in [5.41, 5.74) is 1.55. The van der Waals surface area contributed by atoms with Gasteiger partial charge in [-0.1, -0.05) is 0 Å². The maximum absolute atomic E-state index is 12.6. The number of amides is 1. The maximum Gasteiger partial charge on any atom is 0.325 e. The van der Waals surface area contributed by atoms with Crippen LogP contribution in [0.4, 0.5) is 0 Å². The van der Waals surface area contributed by atoms with Crippen LogP contribution in [0, 0.1) is 0 Å². The number of aromatic nitrogens is 1. The molecule has 0 aliphatic carbocycles. The van der Waals surface area contributed by atoms with E-state index in [0.717, 1.165) is 10.9 Å². The fourth-order valence-electron chi connectivity index (χ4n) is 2.19. The monoisotopic (exact) mass is 288 g/mol. The number of ether oxygens (including phenoxy) is 1. The number of hydrogen-bond donors (Lipinski definition) is 1. The third kappa shape index (κ3) is 3.42. The zero-order chi connectivity index (χ0) is 15.4. The molecule has 0 atom stereocenters. The molecule has 0 saturated carbocycles. The van der Waals surface area contributed by atoms with Crippen molar-refractivity contribution in [2.45, 2.75) is 26.8 Å². The molecule has 112 valence electrons. The number of hydrogen-bond acceptors (Lipinski definition) is 3. The number of nitrogens with one attached hydrogen (secondary N) is 1. The summed E-state index contributed by atoms with van der Waals surface area (Å²) in [6, 6.07) is 7.29. The van der Waals surface area contributed by atoms with Crippen LogP contribution in [-0.4, -0.2) is 41.0 Å². The average Bonchev–Trinajstić information content (AvgIpc) is 2.91. The van der Waals surface area contributed by atoms with E-state index in [1.165, 1.54) is 4.90 Å². The number of H-pyrrole nitrogens is 1. The second-order valence-corrected chi connectivity index (χ2v) is 5.11. The largest absolute Gasteiger partial charge is 0.465 e. The molecule has 1 amide bonds. The molecule has 0 aliphatic rings. The van der Waals surface area contributed by atoms with E-state index < -0.39 is 0 Å². The molecule has 5 heteroatoms. The maximum atomic E-state index is 12.6. The Morgan fingerprint density at radius 2 is 2.05 bits per heavy atom. The van der Waals surface area contributed by atoms with Crippen LogP contribution in [0.25, 0.3) is 10.9 Å². The van der Waals surface area contributed by atoms with Gasteiger partial charge in [0.1, 0.15) is 6.54 Å². The molecule has 1 heterocycles. The summed E-state index contributed by atoms with van der Waals surface area (Å²) in [6.07, 6.45) is 1.83. The van der Waals surface area contributed by atoms with E-state index in [2.05, 4.69) is 4.98 Å². The Morgan fingerprint density at radius 3 is 2.71 bits per heavy atom. The molecule has 1 aromatic carbocycles. The molecule has 0 radical (unpaired) electrons. The zero-order valence-corrected chi connectivity index (χ0v) is 12.6. The summed E-state index contributed by atoms with van der Waals surface area (Å²) >= 11 is 0. The van der Waals surface area contributed by atoms with Crippen molar-refractivity contribution in [2.24, 2.45) is 0 Å². The van der Waals surface area contributed by atoms with E-state index in [1.54, 1.807) is 13.0 Å². The lowest BCUT2D eigenvalue weighted by molar-refractivity contribution is -0.144. The highest BCUT2D eigenvalue weighted by Crippen LogP contribution is 2.16. The van der Waals surface area contributed by atoms with Crippen LogP contribution in [-0.2, 0) is 9.53 Å². The van der Waals surface area contributed by atoms with E-state index in [9.17, 15) is 9.59 Å². The Balaban J connectivity index is 2.22. The minimum atomic E-state index is -0.387. The van der Waals surface area contributed by atoms with Gasteiger partial charge in [0.25, 0.3) is 5.91 Å². The molecule has 1 N–H and O–H groups in total. The highest BCUT2D eigenvalue weighted by atomic mass is 16.5. The van der Waals surface area contributed by atoms with Crippen molar-refractivity contribution in [2.75, 3.05) is 13.2 Å². The zero-order valence-electron chi connectivity index (χ0n) is 12.6. The first-order chi connectivity index (χ1) is 10.0. The Morgan fingerprint density at radius 1 is 1.29 bits per heavy atom. The number of carbonyl (C=O) groups is 2. The van der Waals surface area contributed by atoms with E-state index in [-0.39, 0.29) is 24.5 Å². The van der Waals surface area contributed by atoms with Crippen molar-refractivity contribution >= 4 is 22.8 Å². The van der Waals surface area contributed by atoms with Crippen molar-refractivity contribution in [1.82, 2.24) is 9.88 Å². The Bertz CT molecular complexity index is 646. The molecule has 21 heavy (non-hydrogen) atoms. The fourth-order valence-corrected chi connectivity index (χ4v) is 2.19. The van der Waals surface area contributed by atoms with Crippen LogP contribution in [0.15, 0.2) is 30.5 Å². The van der Waals surface area contributed by atoms with Gasteiger partial charge < -0.3 is 14.6 Å². The van der Waals surface area contributed by atoms with Crippen LogP contribution in [0.3, 0.4) is 0 Å². The van der Waals surface area contributed by atoms with Gasteiger partial charge in [-0.3, -0.25) is 9.59 Å². The minimum Gasteiger partial charge on any atom is -0.465 e. The van der Waals surface area contributed by atoms with Crippen molar-refractivity contribution in [3.8, 4) is 0 Å². The Hall–Kier alpha value is -2.30. The molecule has 0 fully saturated rings. The number of carbonyl (C=O) groups excluding carboxylic acids is 2. The van der Waals surface area contributed by atoms with Gasteiger partial charge in [-0.25, -0.2) is 0 Å². The van der Waals surface area contributed by atoms with Crippen LogP contribution in [0.5, 0.6) is 0 Å². The quantitative estimate of drug-likeness (QED) is 0.860. The lowest BCUT2D eigenvalue weighted by atomic mass is 10.1. The smallest absolute Gasteiger partial charge is 0.325 e. The first-order valence-electron chi connectivity index (χ1n) is 7.06. The minimum absolute atomic E-state index is 0.0322. The van der Waals surface area contributed by atoms with Gasteiger partial charge in [0.2, 0.25) is 0 Å². The summed E-state index contributed by atoms with van der Waals surface area (Å²) in [5.74, 6) is -0.552. The number of benzene rings is 1. The molecule has 2 rings (SSSR count). The van der Waals surface area contributed by atoms with Gasteiger partial charge in [-0.05, 0) is 45.0 Å². The summed E-state index contributed by atoms with van der Waals surface area (Å²) in [6.45, 7) is 5.79. The molecule has 1 aromatic heterocycles. The normalized spacial score (nSPS) is 10.9. The predicted octanol–water partition coefficient (Wildman–Crippen LogP) is 2.58. The summed E-state index contributed by atoms with van der Waals surface area (Å²) in [4.78, 5) is 28.9. The predicted molar refractivity (Wildman–Crippen MR) is 81.1 cm³/mol. The summed E-state index contributed by atoms with van der Waals surface area (Å²) < 4.78 is 4.93. The van der Waals surface area contributed by atoms with Gasteiger partial charge in [0.15, 0.2) is 0 Å². The first kappa shape index (κ1) is 15.1. The molecule has 0 spiro atoms. The van der Waals surface area contributed by atoms with Gasteiger partial charge in [0, 0.05) is 28.7 Å². The summed E-state index contributed by atoms with van der Waals surface area (Å²) in [7, 11) is 0. The van der Waals surface area contributed by atoms with Crippen LogP contribution in [0.1, 0.15) is 31.1 Å². The van der Waals surface area contributed by atoms with Crippen molar-refractivity contribution in [3.63, 3.8) is 0 Å². The lowest BCUT2D eigenvalue weighted by Crippen LogP contribution is -2.41. The third-order valence-corrected chi connectivity index (χ3v) is 3.29. The van der Waals surface area contributed by atoms with Crippen LogP contribution < -0.4 is 0 Å². The van der Waals surface area contributed by atoms with E-state index in [0.29, 0.717) is 12.2 Å². The topological polar surface area (TPSA) is 62.4 Å². The number of rotatable bonds is 5. The van der Waals surface area contributed by atoms with E-state index >= 15 is 0 Å². The molecule has 0 unspecified atom stereocenters. The van der Waals surface area contributed by atoms with Gasteiger partial charge in [-0.2, -0.15) is 0 Å². The standard InChI is InChI=1S/C16H20N2O3/c1-4-21-15(19)10-18(11(2)3)16(20)13-5-6-14-12(9-13)7-8-17-14/h5-9,11,17H,4,10H2,1-3H3. The third-order valence-electron chi connectivity index (χ3n) is 3.29. The second-order valence-electron chi connectivity index (χ2n) is 5.11. The van der Waals surface area contributed by atoms with Crippen molar-refractivity contribution in [3.05, 3.63) is 36.0 Å². The molecule has 0 saturated heterocycles. The second kappa shape index (κ2) is 6.43. The van der Waals surface area contributed by atoms with Gasteiger partial charge in [0.05, 0.1) is 6.61 Å². The number of aromatic amines is 1. The Kier molecular flexibility index (Phi) is 4.62. The number of fused-ring (bicyclic) bond motifs is 1. The number of esters is 1. The SMILES string of the molecule is CCOC(=O)CN(C(=O)c1ccc2[nH]ccc2c1)C(C)C. The molecule has 5 nitrogen and oxygen atoms in total.